The summed E-state index contributed by atoms with van der Waals surface area (Å²) < 4.78 is 38.0. The Morgan fingerprint density at radius 1 is 1.42 bits per heavy atom. The quantitative estimate of drug-likeness (QED) is 0.748. The number of benzene rings is 1. The van der Waals surface area contributed by atoms with Crippen LogP contribution in [0.2, 0.25) is 5.02 Å². The zero-order valence-corrected chi connectivity index (χ0v) is 10.5. The molecule has 0 aliphatic carbocycles. The first-order valence-corrected chi connectivity index (χ1v) is 5.44. The molecule has 106 valence electrons. The average Bonchev–Trinajstić information content (AvgIpc) is 2.20. The first kappa shape index (κ1) is 15.6. The molecular weight excluding hydrogens is 287 g/mol. The normalized spacial score (nSPS) is 15.1. The lowest BCUT2D eigenvalue weighted by Crippen LogP contribution is -2.37. The molecule has 0 saturated carbocycles. The monoisotopic (exact) mass is 297 g/mol. The van der Waals surface area contributed by atoms with Gasteiger partial charge >= 0.3 is 12.1 Å². The highest BCUT2D eigenvalue weighted by Crippen LogP contribution is 2.38. The molecule has 0 aliphatic rings. The summed E-state index contributed by atoms with van der Waals surface area (Å²) in [5.74, 6) is -1.55. The predicted octanol–water partition coefficient (Wildman–Crippen LogP) is 2.32. The van der Waals surface area contributed by atoms with E-state index in [4.69, 9.17) is 22.4 Å². The molecule has 0 amide bonds. The number of rotatable bonds is 3. The summed E-state index contributed by atoms with van der Waals surface area (Å²) in [4.78, 5) is 10.7. The van der Waals surface area contributed by atoms with E-state index < -0.39 is 35.4 Å². The highest BCUT2D eigenvalue weighted by atomic mass is 35.5. The number of anilines is 1. The van der Waals surface area contributed by atoms with E-state index in [2.05, 4.69) is 0 Å². The highest BCUT2D eigenvalue weighted by molar-refractivity contribution is 6.33. The molecule has 0 heterocycles. The first-order valence-electron chi connectivity index (χ1n) is 5.06. The molecule has 0 spiro atoms. The Morgan fingerprint density at radius 3 is 2.37 bits per heavy atom. The van der Waals surface area contributed by atoms with Crippen LogP contribution >= 0.6 is 11.6 Å². The summed E-state index contributed by atoms with van der Waals surface area (Å²) in [6.45, 7) is 0.979. The second-order valence-corrected chi connectivity index (χ2v) is 4.70. The Hall–Kier alpha value is -1.47. The van der Waals surface area contributed by atoms with E-state index in [1.54, 1.807) is 0 Å². The third-order valence-corrected chi connectivity index (χ3v) is 2.82. The highest BCUT2D eigenvalue weighted by Gasteiger charge is 2.36. The molecule has 0 bridgehead atoms. The van der Waals surface area contributed by atoms with Crippen LogP contribution in [0.25, 0.3) is 0 Å². The van der Waals surface area contributed by atoms with E-state index in [1.807, 2.05) is 0 Å². The number of nitrogens with two attached hydrogens (primary N) is 1. The largest absolute Gasteiger partial charge is 0.479 e. The second kappa shape index (κ2) is 4.90. The molecule has 0 aliphatic heterocycles. The van der Waals surface area contributed by atoms with E-state index in [0.29, 0.717) is 6.07 Å². The zero-order chi connectivity index (χ0) is 15.0. The number of halogens is 4. The summed E-state index contributed by atoms with van der Waals surface area (Å²) in [6, 6.07) is 1.78. The van der Waals surface area contributed by atoms with Crippen LogP contribution in [0.15, 0.2) is 12.1 Å². The minimum Gasteiger partial charge on any atom is -0.479 e. The van der Waals surface area contributed by atoms with E-state index in [9.17, 15) is 23.1 Å². The Morgan fingerprint density at radius 2 is 1.95 bits per heavy atom. The maximum absolute atomic E-state index is 12.7. The first-order chi connectivity index (χ1) is 8.45. The minimum atomic E-state index is -4.71. The number of hydrogen-bond acceptors (Lipinski definition) is 3. The zero-order valence-electron chi connectivity index (χ0n) is 9.75. The molecular formula is C11H11ClF3NO3. The van der Waals surface area contributed by atoms with Crippen LogP contribution in [-0.4, -0.2) is 21.8 Å². The van der Waals surface area contributed by atoms with E-state index in [-0.39, 0.29) is 10.6 Å². The Kier molecular flexibility index (Phi) is 4.02. The van der Waals surface area contributed by atoms with Crippen LogP contribution in [0.1, 0.15) is 18.1 Å². The van der Waals surface area contributed by atoms with Crippen LogP contribution < -0.4 is 5.73 Å². The van der Waals surface area contributed by atoms with Crippen LogP contribution in [0.5, 0.6) is 0 Å². The molecule has 0 fully saturated rings. The van der Waals surface area contributed by atoms with Crippen LogP contribution in [0.4, 0.5) is 18.9 Å². The number of hydrogen-bond donors (Lipinski definition) is 3. The molecule has 1 atom stereocenters. The fourth-order valence-corrected chi connectivity index (χ4v) is 1.73. The lowest BCUT2D eigenvalue weighted by Gasteiger charge is -2.19. The molecule has 1 aromatic carbocycles. The summed E-state index contributed by atoms with van der Waals surface area (Å²) in [7, 11) is 0. The van der Waals surface area contributed by atoms with E-state index in [0.717, 1.165) is 13.0 Å². The third-order valence-electron chi connectivity index (χ3n) is 2.50. The smallest absolute Gasteiger partial charge is 0.418 e. The number of carboxylic acid groups (broad SMARTS) is 1. The van der Waals surface area contributed by atoms with Gasteiger partial charge in [0, 0.05) is 6.42 Å². The average molecular weight is 298 g/mol. The Bertz CT molecular complexity index is 515. The molecule has 4 nitrogen and oxygen atoms in total. The minimum absolute atomic E-state index is 0.0704. The molecule has 0 aromatic heterocycles. The number of carbonyl (C=O) groups is 1. The van der Waals surface area contributed by atoms with Crippen LogP contribution in [0, 0.1) is 0 Å². The standard InChI is InChI=1S/C11H11ClF3NO3/c1-10(19,9(17)18)4-5-2-6(11(13,14)15)8(16)7(12)3-5/h2-3,19H,4,16H2,1H3,(H,17,18). The summed E-state index contributed by atoms with van der Waals surface area (Å²) in [6.07, 6.45) is -5.23. The molecule has 19 heavy (non-hydrogen) atoms. The van der Waals surface area contributed by atoms with Gasteiger partial charge in [0.2, 0.25) is 0 Å². The van der Waals surface area contributed by atoms with Crippen molar-refractivity contribution in [2.75, 3.05) is 5.73 Å². The van der Waals surface area contributed by atoms with E-state index in [1.165, 1.54) is 0 Å². The molecule has 0 radical (unpaired) electrons. The fraction of sp³-hybridized carbons (Fsp3) is 0.364. The Balaban J connectivity index is 3.26. The van der Waals surface area contributed by atoms with Crippen molar-refractivity contribution in [3.8, 4) is 0 Å². The van der Waals surface area contributed by atoms with Crippen LogP contribution in [-0.2, 0) is 17.4 Å². The second-order valence-electron chi connectivity index (χ2n) is 4.29. The van der Waals surface area contributed by atoms with Gasteiger partial charge < -0.3 is 15.9 Å². The van der Waals surface area contributed by atoms with Crippen molar-refractivity contribution in [2.45, 2.75) is 25.1 Å². The summed E-state index contributed by atoms with van der Waals surface area (Å²) >= 11 is 5.58. The molecule has 4 N–H and O–H groups in total. The van der Waals surface area contributed by atoms with Crippen LogP contribution in [0.3, 0.4) is 0 Å². The number of nitrogen functional groups attached to an aromatic ring is 1. The van der Waals surface area contributed by atoms with Gasteiger partial charge in [-0.2, -0.15) is 13.2 Å². The van der Waals surface area contributed by atoms with Gasteiger partial charge in [-0.05, 0) is 24.6 Å². The van der Waals surface area contributed by atoms with E-state index >= 15 is 0 Å². The predicted molar refractivity (Wildman–Crippen MR) is 62.8 cm³/mol. The van der Waals surface area contributed by atoms with Gasteiger partial charge in [0.15, 0.2) is 5.60 Å². The molecule has 1 rings (SSSR count). The van der Waals surface area contributed by atoms with Gasteiger partial charge in [-0.1, -0.05) is 11.6 Å². The van der Waals surface area contributed by atoms with Crippen molar-refractivity contribution < 1.29 is 28.2 Å². The van der Waals surface area contributed by atoms with Gasteiger partial charge in [0.1, 0.15) is 0 Å². The lowest BCUT2D eigenvalue weighted by atomic mass is 9.95. The molecule has 1 unspecified atom stereocenters. The molecule has 0 saturated heterocycles. The van der Waals surface area contributed by atoms with Gasteiger partial charge in [-0.3, -0.25) is 0 Å². The van der Waals surface area contributed by atoms with Gasteiger partial charge in [0.05, 0.1) is 16.3 Å². The van der Waals surface area contributed by atoms with Crippen molar-refractivity contribution in [2.24, 2.45) is 0 Å². The Labute approximate surface area is 111 Å². The number of aliphatic hydroxyl groups is 1. The summed E-state index contributed by atoms with van der Waals surface area (Å²) in [5, 5.41) is 17.9. The lowest BCUT2D eigenvalue weighted by molar-refractivity contribution is -0.156. The fourth-order valence-electron chi connectivity index (χ4n) is 1.48. The molecule has 1 aromatic rings. The van der Waals surface area contributed by atoms with Crippen molar-refractivity contribution in [1.82, 2.24) is 0 Å². The maximum Gasteiger partial charge on any atom is 0.418 e. The van der Waals surface area contributed by atoms with Gasteiger partial charge in [-0.15, -0.1) is 0 Å². The third kappa shape index (κ3) is 3.51. The van der Waals surface area contributed by atoms with Crippen molar-refractivity contribution >= 4 is 23.3 Å². The van der Waals surface area contributed by atoms with Crippen molar-refractivity contribution in [1.29, 1.82) is 0 Å². The van der Waals surface area contributed by atoms with Gasteiger partial charge in [0.25, 0.3) is 0 Å². The summed E-state index contributed by atoms with van der Waals surface area (Å²) in [5.41, 5.74) is 1.18. The SMILES string of the molecule is CC(O)(Cc1cc(Cl)c(N)c(C(F)(F)F)c1)C(=O)O. The molecule has 8 heteroatoms. The topological polar surface area (TPSA) is 83.5 Å². The van der Waals surface area contributed by atoms with Crippen molar-refractivity contribution in [3.05, 3.63) is 28.3 Å². The van der Waals surface area contributed by atoms with Crippen molar-refractivity contribution in [3.63, 3.8) is 0 Å². The van der Waals surface area contributed by atoms with Gasteiger partial charge in [-0.25, -0.2) is 4.79 Å². The maximum atomic E-state index is 12.7. The number of aliphatic carboxylic acids is 1. The number of carboxylic acids is 1. The number of alkyl halides is 3.